The number of hydrogen-bond acceptors (Lipinski definition) is 3. The smallest absolute Gasteiger partial charge is 0.326 e. The van der Waals surface area contributed by atoms with E-state index in [9.17, 15) is 14.4 Å². The fraction of sp³-hybridized carbons (Fsp3) is 0.750. The Kier molecular flexibility index (Phi) is 6.89. The first-order valence-corrected chi connectivity index (χ1v) is 6.27. The summed E-state index contributed by atoms with van der Waals surface area (Å²) < 4.78 is 0. The molecule has 0 aliphatic carbocycles. The number of carboxylic acid groups (broad SMARTS) is 2. The van der Waals surface area contributed by atoms with E-state index in [2.05, 4.69) is 10.6 Å². The highest BCUT2D eigenvalue weighted by Crippen LogP contribution is 2.13. The highest BCUT2D eigenvalue weighted by atomic mass is 16.4. The summed E-state index contributed by atoms with van der Waals surface area (Å²) >= 11 is 0. The van der Waals surface area contributed by atoms with Crippen LogP contribution in [-0.2, 0) is 9.59 Å². The van der Waals surface area contributed by atoms with E-state index in [1.807, 2.05) is 20.8 Å². The van der Waals surface area contributed by atoms with E-state index < -0.39 is 29.6 Å². The van der Waals surface area contributed by atoms with Gasteiger partial charge in [-0.15, -0.1) is 0 Å². The summed E-state index contributed by atoms with van der Waals surface area (Å²) in [5.74, 6) is -2.34. The summed E-state index contributed by atoms with van der Waals surface area (Å²) in [6.45, 7) is 5.70. The number of nitrogens with one attached hydrogen (secondary N) is 2. The minimum atomic E-state index is -1.24. The van der Waals surface area contributed by atoms with Crippen molar-refractivity contribution in [2.75, 3.05) is 0 Å². The van der Waals surface area contributed by atoms with Gasteiger partial charge in [0, 0.05) is 12.0 Å². The highest BCUT2D eigenvalue weighted by Gasteiger charge is 2.25. The van der Waals surface area contributed by atoms with Gasteiger partial charge in [0.25, 0.3) is 0 Å². The van der Waals surface area contributed by atoms with Crippen molar-refractivity contribution in [3.05, 3.63) is 0 Å². The number of urea groups is 1. The molecule has 2 amide bonds. The molecule has 0 aliphatic rings. The minimum Gasteiger partial charge on any atom is -0.481 e. The molecule has 7 nitrogen and oxygen atoms in total. The van der Waals surface area contributed by atoms with Crippen LogP contribution in [0.25, 0.3) is 0 Å². The van der Waals surface area contributed by atoms with E-state index in [1.165, 1.54) is 0 Å². The number of carboxylic acids is 2. The van der Waals surface area contributed by atoms with Crippen molar-refractivity contribution >= 4 is 18.0 Å². The topological polar surface area (TPSA) is 116 Å². The maximum absolute atomic E-state index is 11.7. The third kappa shape index (κ3) is 6.64. The van der Waals surface area contributed by atoms with Gasteiger partial charge in [-0.05, 0) is 26.2 Å². The van der Waals surface area contributed by atoms with Gasteiger partial charge in [0.05, 0.1) is 0 Å². The Bertz CT molecular complexity index is 339. The molecular formula is C12H22N2O5. The number of hydrogen-bond donors (Lipinski definition) is 4. The molecule has 0 aromatic rings. The van der Waals surface area contributed by atoms with Crippen LogP contribution in [0.1, 0.15) is 46.5 Å². The molecule has 0 rings (SSSR count). The van der Waals surface area contributed by atoms with Gasteiger partial charge in [-0.25, -0.2) is 9.59 Å². The molecular weight excluding hydrogens is 252 g/mol. The molecule has 0 spiro atoms. The Balaban J connectivity index is 4.47. The monoisotopic (exact) mass is 274 g/mol. The van der Waals surface area contributed by atoms with Gasteiger partial charge in [-0.1, -0.05) is 13.8 Å². The second kappa shape index (κ2) is 7.60. The molecule has 0 bridgehead atoms. The van der Waals surface area contributed by atoms with Crippen LogP contribution in [-0.4, -0.2) is 39.8 Å². The Morgan fingerprint density at radius 1 is 1.16 bits per heavy atom. The minimum absolute atomic E-state index is 0.146. The van der Waals surface area contributed by atoms with E-state index in [0.29, 0.717) is 12.8 Å². The lowest BCUT2D eigenvalue weighted by molar-refractivity contribution is -0.140. The first-order chi connectivity index (χ1) is 8.74. The first-order valence-electron chi connectivity index (χ1n) is 6.27. The summed E-state index contributed by atoms with van der Waals surface area (Å²) in [5.41, 5.74) is -0.403. The normalized spacial score (nSPS) is 12.6. The SMILES string of the molecule is CCC(C)(CC)NC(=O)N[C@@H](CCC(=O)O)C(=O)O. The molecule has 0 aliphatic heterocycles. The number of aliphatic carboxylic acids is 2. The molecule has 19 heavy (non-hydrogen) atoms. The second-order valence-electron chi connectivity index (χ2n) is 4.69. The van der Waals surface area contributed by atoms with E-state index in [-0.39, 0.29) is 12.8 Å². The average molecular weight is 274 g/mol. The van der Waals surface area contributed by atoms with Crippen molar-refractivity contribution in [3.8, 4) is 0 Å². The van der Waals surface area contributed by atoms with Gasteiger partial charge in [-0.3, -0.25) is 4.79 Å². The Labute approximate surface area is 112 Å². The lowest BCUT2D eigenvalue weighted by Crippen LogP contribution is -2.53. The third-order valence-electron chi connectivity index (χ3n) is 3.23. The van der Waals surface area contributed by atoms with Gasteiger partial charge < -0.3 is 20.8 Å². The number of amides is 2. The number of carbonyl (C=O) groups excluding carboxylic acids is 1. The highest BCUT2D eigenvalue weighted by molar-refractivity contribution is 5.83. The molecule has 0 fully saturated rings. The van der Waals surface area contributed by atoms with E-state index in [1.54, 1.807) is 0 Å². The van der Waals surface area contributed by atoms with Crippen molar-refractivity contribution in [2.45, 2.75) is 58.0 Å². The molecule has 0 heterocycles. The molecule has 0 saturated heterocycles. The zero-order valence-corrected chi connectivity index (χ0v) is 11.5. The van der Waals surface area contributed by atoms with Crippen LogP contribution >= 0.6 is 0 Å². The quantitative estimate of drug-likeness (QED) is 0.530. The molecule has 0 aromatic heterocycles. The molecule has 1 atom stereocenters. The summed E-state index contributed by atoms with van der Waals surface area (Å²) in [5, 5.41) is 22.4. The molecule has 4 N–H and O–H groups in total. The van der Waals surface area contributed by atoms with Crippen molar-refractivity contribution in [2.24, 2.45) is 0 Å². The fourth-order valence-corrected chi connectivity index (χ4v) is 1.42. The van der Waals surface area contributed by atoms with Crippen molar-refractivity contribution in [1.82, 2.24) is 10.6 Å². The summed E-state index contributed by atoms with van der Waals surface area (Å²) in [6, 6.07) is -1.79. The Hall–Kier alpha value is -1.79. The zero-order chi connectivity index (χ0) is 15.1. The zero-order valence-electron chi connectivity index (χ0n) is 11.5. The summed E-state index contributed by atoms with van der Waals surface area (Å²) in [6.07, 6.45) is 0.969. The van der Waals surface area contributed by atoms with Gasteiger partial charge in [0.15, 0.2) is 0 Å². The standard InChI is InChI=1S/C12H22N2O5/c1-4-12(3,5-2)14-11(19)13-8(10(17)18)6-7-9(15)16/h8H,4-7H2,1-3H3,(H,15,16)(H,17,18)(H2,13,14,19)/t8-/m0/s1. The first kappa shape index (κ1) is 17.2. The van der Waals surface area contributed by atoms with Crippen LogP contribution < -0.4 is 10.6 Å². The van der Waals surface area contributed by atoms with Crippen LogP contribution in [0.15, 0.2) is 0 Å². The van der Waals surface area contributed by atoms with Gasteiger partial charge in [-0.2, -0.15) is 0 Å². The molecule has 110 valence electrons. The summed E-state index contributed by atoms with van der Waals surface area (Å²) in [4.78, 5) is 33.0. The van der Waals surface area contributed by atoms with Crippen LogP contribution in [0.3, 0.4) is 0 Å². The van der Waals surface area contributed by atoms with Crippen LogP contribution in [0.5, 0.6) is 0 Å². The van der Waals surface area contributed by atoms with E-state index >= 15 is 0 Å². The third-order valence-corrected chi connectivity index (χ3v) is 3.23. The van der Waals surface area contributed by atoms with Crippen molar-refractivity contribution < 1.29 is 24.6 Å². The Morgan fingerprint density at radius 2 is 1.68 bits per heavy atom. The van der Waals surface area contributed by atoms with Gasteiger partial charge in [0.1, 0.15) is 6.04 Å². The molecule has 0 aromatic carbocycles. The number of rotatable bonds is 8. The van der Waals surface area contributed by atoms with Gasteiger partial charge in [0.2, 0.25) is 0 Å². The van der Waals surface area contributed by atoms with Crippen LogP contribution in [0, 0.1) is 0 Å². The number of carbonyl (C=O) groups is 3. The maximum Gasteiger partial charge on any atom is 0.326 e. The lowest BCUT2D eigenvalue weighted by atomic mass is 9.96. The molecule has 7 heteroatoms. The summed E-state index contributed by atoms with van der Waals surface area (Å²) in [7, 11) is 0. The predicted octanol–water partition coefficient (Wildman–Crippen LogP) is 1.18. The molecule has 0 unspecified atom stereocenters. The molecule has 0 saturated carbocycles. The average Bonchev–Trinajstić information content (AvgIpc) is 2.33. The fourth-order valence-electron chi connectivity index (χ4n) is 1.42. The maximum atomic E-state index is 11.7. The predicted molar refractivity (Wildman–Crippen MR) is 68.9 cm³/mol. The largest absolute Gasteiger partial charge is 0.481 e. The van der Waals surface area contributed by atoms with E-state index in [0.717, 1.165) is 0 Å². The second-order valence-corrected chi connectivity index (χ2v) is 4.69. The van der Waals surface area contributed by atoms with Crippen LogP contribution in [0.4, 0.5) is 4.79 Å². The van der Waals surface area contributed by atoms with Gasteiger partial charge >= 0.3 is 18.0 Å². The lowest BCUT2D eigenvalue weighted by Gasteiger charge is -2.29. The van der Waals surface area contributed by atoms with Crippen molar-refractivity contribution in [3.63, 3.8) is 0 Å². The van der Waals surface area contributed by atoms with Crippen LogP contribution in [0.2, 0.25) is 0 Å². The Morgan fingerprint density at radius 3 is 2.05 bits per heavy atom. The van der Waals surface area contributed by atoms with E-state index in [4.69, 9.17) is 10.2 Å². The van der Waals surface area contributed by atoms with Crippen molar-refractivity contribution in [1.29, 1.82) is 0 Å². The molecule has 0 radical (unpaired) electrons.